The molecule has 0 heterocycles. The minimum absolute atomic E-state index is 0. The predicted molar refractivity (Wildman–Crippen MR) is 116 cm³/mol. The van der Waals surface area contributed by atoms with Gasteiger partial charge in [-0.25, -0.2) is 0 Å². The number of ketones is 2. The molecule has 2 nitrogen and oxygen atoms in total. The Morgan fingerprint density at radius 3 is 1.23 bits per heavy atom. The van der Waals surface area contributed by atoms with Crippen LogP contribution in [-0.2, 0) is 43.7 Å². The molecule has 0 spiro atoms. The van der Waals surface area contributed by atoms with Gasteiger partial charge in [0.1, 0.15) is 11.6 Å². The van der Waals surface area contributed by atoms with Crippen molar-refractivity contribution in [2.75, 3.05) is 11.5 Å². The van der Waals surface area contributed by atoms with Gasteiger partial charge in [0.05, 0.1) is 5.75 Å². The summed E-state index contributed by atoms with van der Waals surface area (Å²) in [5.74, 6) is 2.93. The topological polar surface area (TPSA) is 34.1 Å². The van der Waals surface area contributed by atoms with Gasteiger partial charge < -0.3 is 0 Å². The van der Waals surface area contributed by atoms with Crippen LogP contribution in [-0.4, -0.2) is 23.1 Å². The molecule has 4 saturated carbocycles. The predicted octanol–water partition coefficient (Wildman–Crippen LogP) is 4.10. The zero-order valence-corrected chi connectivity index (χ0v) is 19.5. The summed E-state index contributed by atoms with van der Waals surface area (Å²) in [6.07, 6.45) is 35.2. The molecule has 4 fully saturated rings. The van der Waals surface area contributed by atoms with Gasteiger partial charge in [0.2, 0.25) is 0 Å². The van der Waals surface area contributed by atoms with Gasteiger partial charge in [0, 0.05) is 24.0 Å². The van der Waals surface area contributed by atoms with Gasteiger partial charge in [-0.2, -0.15) is 11.8 Å². The molecule has 4 rings (SSSR count). The first-order valence-corrected chi connectivity index (χ1v) is 10.3. The molecule has 0 bridgehead atoms. The largest absolute Gasteiger partial charge is 2.00 e. The van der Waals surface area contributed by atoms with Crippen LogP contribution in [0.2, 0.25) is 0 Å². The summed E-state index contributed by atoms with van der Waals surface area (Å²) in [4.78, 5) is 23.4. The van der Waals surface area contributed by atoms with E-state index in [0.717, 1.165) is 11.8 Å². The van der Waals surface area contributed by atoms with E-state index in [2.05, 4.69) is 0 Å². The molecule has 0 atom stereocenters. The Labute approximate surface area is 211 Å². The first-order chi connectivity index (χ1) is 13.8. The summed E-state index contributed by atoms with van der Waals surface area (Å²) in [5, 5.41) is 0. The summed E-state index contributed by atoms with van der Waals surface area (Å²) in [6.45, 7) is 0. The van der Waals surface area contributed by atoms with Crippen LogP contribution in [0.3, 0.4) is 0 Å². The molecule has 0 saturated heterocycles. The standard InChI is InChI=1S/C15H14O2S.2C5H5.2Fe/c16-14(12-5-1-2-6-12)9-10-18-11-15(17)13-7-3-4-8-13;2*1-2-4-5-3-1;;/h1-8H,9-11H2;2*1-5H;;/q;;;2*+2. The van der Waals surface area contributed by atoms with Crippen molar-refractivity contribution in [3.63, 3.8) is 0 Å². The Bertz CT molecular complexity index is 370. The summed E-state index contributed by atoms with van der Waals surface area (Å²) in [6, 6.07) is 0. The van der Waals surface area contributed by atoms with Crippen LogP contribution in [0.5, 0.6) is 0 Å². The molecule has 0 unspecified atom stereocenters. The van der Waals surface area contributed by atoms with E-state index < -0.39 is 0 Å². The van der Waals surface area contributed by atoms with E-state index in [0.29, 0.717) is 17.9 Å². The molecule has 0 aromatic carbocycles. The van der Waals surface area contributed by atoms with Crippen molar-refractivity contribution in [3.05, 3.63) is 127 Å². The van der Waals surface area contributed by atoms with Gasteiger partial charge in [-0.3, -0.25) is 9.59 Å². The zero-order chi connectivity index (χ0) is 19.9. The third-order valence-corrected chi connectivity index (χ3v) is 4.75. The van der Waals surface area contributed by atoms with E-state index >= 15 is 0 Å². The molecule has 30 heavy (non-hydrogen) atoms. The number of thioether (sulfide) groups is 1. The summed E-state index contributed by atoms with van der Waals surface area (Å²) < 4.78 is 0. The van der Waals surface area contributed by atoms with Crippen molar-refractivity contribution in [3.8, 4) is 0 Å². The Kier molecular flexibility index (Phi) is 20.8. The maximum absolute atomic E-state index is 11.7. The van der Waals surface area contributed by atoms with Crippen LogP contribution >= 0.6 is 11.8 Å². The van der Waals surface area contributed by atoms with Crippen molar-refractivity contribution in [1.82, 2.24) is 0 Å². The van der Waals surface area contributed by atoms with Gasteiger partial charge in [0.25, 0.3) is 0 Å². The fourth-order valence-corrected chi connectivity index (χ4v) is 3.14. The third-order valence-electron chi connectivity index (χ3n) is 3.79. The monoisotopic (exact) mass is 500 g/mol. The molecule has 4 aliphatic rings. The molecule has 0 aromatic rings. The zero-order valence-electron chi connectivity index (χ0n) is 16.4. The number of hydrogen-bond acceptors (Lipinski definition) is 3. The van der Waals surface area contributed by atoms with Crippen molar-refractivity contribution in [2.45, 2.75) is 6.42 Å². The molecular weight excluding hydrogens is 476 g/mol. The van der Waals surface area contributed by atoms with Crippen LogP contribution < -0.4 is 0 Å². The average Bonchev–Trinajstić information content (AvgIpc) is 3.56. The quantitative estimate of drug-likeness (QED) is 0.390. The summed E-state index contributed by atoms with van der Waals surface area (Å²) in [7, 11) is 0. The van der Waals surface area contributed by atoms with Crippen LogP contribution in [0, 0.1) is 127 Å². The summed E-state index contributed by atoms with van der Waals surface area (Å²) in [5.41, 5.74) is 0. The van der Waals surface area contributed by atoms with Crippen molar-refractivity contribution in [2.24, 2.45) is 0 Å². The fourth-order valence-electron chi connectivity index (χ4n) is 2.32. The summed E-state index contributed by atoms with van der Waals surface area (Å²) >= 11 is 1.51. The van der Waals surface area contributed by atoms with Gasteiger partial charge >= 0.3 is 34.1 Å². The van der Waals surface area contributed by atoms with E-state index in [4.69, 9.17) is 0 Å². The molecule has 4 aliphatic carbocycles. The van der Waals surface area contributed by atoms with Crippen molar-refractivity contribution < 1.29 is 43.7 Å². The Morgan fingerprint density at radius 2 is 0.867 bits per heavy atom. The molecule has 5 heteroatoms. The molecule has 0 aromatic heterocycles. The minimum Gasteiger partial charge on any atom is -0.299 e. The van der Waals surface area contributed by atoms with Crippen LogP contribution in [0.25, 0.3) is 0 Å². The number of rotatable bonds is 7. The first kappa shape index (κ1) is 30.7. The van der Waals surface area contributed by atoms with E-state index in [9.17, 15) is 9.59 Å². The van der Waals surface area contributed by atoms with Gasteiger partial charge in [-0.05, 0) is 116 Å². The maximum atomic E-state index is 11.7. The van der Waals surface area contributed by atoms with Crippen LogP contribution in [0.15, 0.2) is 0 Å². The Morgan fingerprint density at radius 1 is 0.533 bits per heavy atom. The molecule has 0 N–H and O–H groups in total. The molecule has 154 valence electrons. The number of carbonyl (C=O) groups is 2. The number of carbonyl (C=O) groups excluding carboxylic acids is 2. The second-order valence-corrected chi connectivity index (χ2v) is 7.03. The van der Waals surface area contributed by atoms with Gasteiger partial charge in [-0.1, -0.05) is 0 Å². The smallest absolute Gasteiger partial charge is 0.299 e. The van der Waals surface area contributed by atoms with Crippen LogP contribution in [0.4, 0.5) is 0 Å². The first-order valence-electron chi connectivity index (χ1n) is 9.18. The normalized spacial score (nSPS) is 20.9. The second-order valence-electron chi connectivity index (χ2n) is 5.92. The van der Waals surface area contributed by atoms with E-state index in [1.807, 2.05) is 116 Å². The van der Waals surface area contributed by atoms with E-state index in [1.54, 1.807) is 0 Å². The average molecular weight is 500 g/mol. The molecule has 0 aliphatic heterocycles. The van der Waals surface area contributed by atoms with Crippen molar-refractivity contribution in [1.29, 1.82) is 0 Å². The Balaban J connectivity index is 0.000000575. The second kappa shape index (κ2) is 20.3. The molecular formula is C25H24Fe2O2S+4. The third kappa shape index (κ3) is 14.0. The fraction of sp³-hybridized carbons (Fsp3) is 0.120. The number of Topliss-reactive ketones (excluding diaryl/α,β-unsaturated/α-hetero) is 2. The molecule has 20 radical (unpaired) electrons. The van der Waals surface area contributed by atoms with E-state index in [1.165, 1.54) is 11.8 Å². The van der Waals surface area contributed by atoms with Crippen molar-refractivity contribution >= 4 is 23.3 Å². The van der Waals surface area contributed by atoms with Crippen LogP contribution in [0.1, 0.15) is 6.42 Å². The van der Waals surface area contributed by atoms with Gasteiger partial charge in [-0.15, -0.1) is 0 Å². The molecule has 0 amide bonds. The maximum Gasteiger partial charge on any atom is 2.00 e. The Hall–Kier alpha value is 0.729. The number of hydrogen-bond donors (Lipinski definition) is 0. The van der Waals surface area contributed by atoms with Gasteiger partial charge in [0.15, 0.2) is 0 Å². The SMILES string of the molecule is O=C(CCSCC(=O)[C]1[CH][CH][CH][CH]1)[C]1[CH][CH][CH][CH]1.[CH]1[CH][CH][CH][CH]1.[CH]1[CH][CH][CH][CH]1.[Fe+2].[Fe+2]. The minimum atomic E-state index is 0. The van der Waals surface area contributed by atoms with E-state index in [-0.39, 0.29) is 45.7 Å².